The third kappa shape index (κ3) is 3.68. The van der Waals surface area contributed by atoms with Crippen molar-refractivity contribution in [3.05, 3.63) is 75.8 Å². The Bertz CT molecular complexity index is 936. The second kappa shape index (κ2) is 7.17. The molecule has 0 unspecified atom stereocenters. The maximum absolute atomic E-state index is 13.0. The second-order valence-electron chi connectivity index (χ2n) is 5.48. The quantitative estimate of drug-likeness (QED) is 0.775. The van der Waals surface area contributed by atoms with Crippen molar-refractivity contribution in [2.75, 3.05) is 14.2 Å². The van der Waals surface area contributed by atoms with Crippen LogP contribution in [0.3, 0.4) is 0 Å². The Kier molecular flexibility index (Phi) is 4.79. The minimum Gasteiger partial charge on any atom is -0.493 e. The molecule has 128 valence electrons. The highest BCUT2D eigenvalue weighted by atomic mass is 19.1. The number of rotatable bonds is 5. The van der Waals surface area contributed by atoms with Gasteiger partial charge in [-0.1, -0.05) is 12.1 Å². The molecule has 6 heteroatoms. The van der Waals surface area contributed by atoms with Crippen LogP contribution in [0.1, 0.15) is 11.1 Å². The Labute approximate surface area is 144 Å². The zero-order chi connectivity index (χ0) is 17.8. The highest BCUT2D eigenvalue weighted by molar-refractivity contribution is 5.64. The molecule has 0 saturated carbocycles. The van der Waals surface area contributed by atoms with Crippen molar-refractivity contribution in [2.45, 2.75) is 6.42 Å². The van der Waals surface area contributed by atoms with Gasteiger partial charge < -0.3 is 9.47 Å². The monoisotopic (exact) mass is 340 g/mol. The molecule has 0 saturated heterocycles. The van der Waals surface area contributed by atoms with Gasteiger partial charge in [-0.15, -0.1) is 0 Å². The van der Waals surface area contributed by atoms with Gasteiger partial charge in [-0.05, 0) is 42.0 Å². The van der Waals surface area contributed by atoms with E-state index in [4.69, 9.17) is 9.47 Å². The number of aromatic amines is 1. The van der Waals surface area contributed by atoms with Crippen LogP contribution in [-0.2, 0) is 6.42 Å². The third-order valence-corrected chi connectivity index (χ3v) is 3.87. The molecule has 0 aliphatic rings. The van der Waals surface area contributed by atoms with Crippen molar-refractivity contribution in [1.29, 1.82) is 0 Å². The van der Waals surface area contributed by atoms with Gasteiger partial charge in [0.2, 0.25) is 0 Å². The summed E-state index contributed by atoms with van der Waals surface area (Å²) in [7, 11) is 3.12. The van der Waals surface area contributed by atoms with Gasteiger partial charge >= 0.3 is 0 Å². The number of benzene rings is 2. The van der Waals surface area contributed by atoms with Crippen LogP contribution < -0.4 is 15.0 Å². The molecule has 1 N–H and O–H groups in total. The van der Waals surface area contributed by atoms with Crippen molar-refractivity contribution >= 4 is 0 Å². The number of methoxy groups -OCH3 is 2. The van der Waals surface area contributed by atoms with E-state index >= 15 is 0 Å². The van der Waals surface area contributed by atoms with Crippen LogP contribution in [0, 0.1) is 5.82 Å². The van der Waals surface area contributed by atoms with Crippen LogP contribution in [0.25, 0.3) is 11.3 Å². The van der Waals surface area contributed by atoms with Crippen LogP contribution in [0.2, 0.25) is 0 Å². The van der Waals surface area contributed by atoms with E-state index in [0.29, 0.717) is 29.2 Å². The minimum atomic E-state index is -0.307. The molecule has 0 spiro atoms. The molecule has 1 heterocycles. The van der Waals surface area contributed by atoms with Crippen LogP contribution in [0.15, 0.2) is 53.3 Å². The molecule has 25 heavy (non-hydrogen) atoms. The summed E-state index contributed by atoms with van der Waals surface area (Å²) in [6, 6.07) is 13.2. The van der Waals surface area contributed by atoms with Crippen LogP contribution in [-0.4, -0.2) is 24.4 Å². The van der Waals surface area contributed by atoms with Crippen LogP contribution in [0.5, 0.6) is 11.5 Å². The van der Waals surface area contributed by atoms with E-state index in [0.717, 1.165) is 11.1 Å². The van der Waals surface area contributed by atoms with E-state index in [9.17, 15) is 9.18 Å². The predicted octanol–water partition coefficient (Wildman–Crippen LogP) is 3.18. The molecular formula is C19H17FN2O3. The van der Waals surface area contributed by atoms with Crippen molar-refractivity contribution in [2.24, 2.45) is 0 Å². The van der Waals surface area contributed by atoms with Crippen molar-refractivity contribution in [1.82, 2.24) is 10.2 Å². The summed E-state index contributed by atoms with van der Waals surface area (Å²) in [5.74, 6) is 0.883. The van der Waals surface area contributed by atoms with E-state index in [1.807, 2.05) is 6.07 Å². The molecule has 0 fully saturated rings. The number of hydrogen-bond donors (Lipinski definition) is 1. The largest absolute Gasteiger partial charge is 0.493 e. The molecule has 1 aromatic heterocycles. The first-order valence-electron chi connectivity index (χ1n) is 7.66. The fourth-order valence-electron chi connectivity index (χ4n) is 2.54. The lowest BCUT2D eigenvalue weighted by Gasteiger charge is -2.10. The topological polar surface area (TPSA) is 64.2 Å². The number of hydrogen-bond acceptors (Lipinski definition) is 4. The molecule has 0 aliphatic heterocycles. The Balaban J connectivity index is 1.96. The molecule has 0 bridgehead atoms. The third-order valence-electron chi connectivity index (χ3n) is 3.87. The summed E-state index contributed by atoms with van der Waals surface area (Å²) in [4.78, 5) is 12.1. The maximum atomic E-state index is 13.0. The van der Waals surface area contributed by atoms with Gasteiger partial charge in [-0.25, -0.2) is 9.49 Å². The molecule has 2 aromatic carbocycles. The van der Waals surface area contributed by atoms with E-state index in [1.165, 1.54) is 12.1 Å². The summed E-state index contributed by atoms with van der Waals surface area (Å²) >= 11 is 0. The molecule has 0 aliphatic carbocycles. The standard InChI is InChI=1S/C19H17FN2O3/c1-24-17-8-5-13(11-18(17)25-2)16-10-14(19(23)22-21-16)9-12-3-6-15(20)7-4-12/h3-8,10-11H,9H2,1-2H3,(H,22,23). The smallest absolute Gasteiger partial charge is 0.267 e. The van der Waals surface area contributed by atoms with Gasteiger partial charge in [0.25, 0.3) is 5.56 Å². The first-order valence-corrected chi connectivity index (χ1v) is 7.66. The van der Waals surface area contributed by atoms with Crippen LogP contribution >= 0.6 is 0 Å². The summed E-state index contributed by atoms with van der Waals surface area (Å²) < 4.78 is 23.5. The summed E-state index contributed by atoms with van der Waals surface area (Å²) in [6.07, 6.45) is 0.387. The summed E-state index contributed by atoms with van der Waals surface area (Å²) in [5, 5.41) is 6.61. The van der Waals surface area contributed by atoms with Gasteiger partial charge in [0.05, 0.1) is 19.9 Å². The first kappa shape index (κ1) is 16.7. The SMILES string of the molecule is COc1ccc(-c2cc(Cc3ccc(F)cc3)c(=O)[nH]n2)cc1OC. The lowest BCUT2D eigenvalue weighted by Crippen LogP contribution is -2.15. The number of H-pyrrole nitrogens is 1. The molecule has 5 nitrogen and oxygen atoms in total. The number of aromatic nitrogens is 2. The Morgan fingerprint density at radius 2 is 1.72 bits per heavy atom. The molecule has 0 radical (unpaired) electrons. The fourth-order valence-corrected chi connectivity index (χ4v) is 2.54. The summed E-state index contributed by atoms with van der Waals surface area (Å²) in [6.45, 7) is 0. The van der Waals surface area contributed by atoms with E-state index < -0.39 is 0 Å². The van der Waals surface area contributed by atoms with Gasteiger partial charge in [-0.3, -0.25) is 4.79 Å². The lowest BCUT2D eigenvalue weighted by molar-refractivity contribution is 0.355. The normalized spacial score (nSPS) is 10.5. The van der Waals surface area contributed by atoms with Crippen molar-refractivity contribution in [3.63, 3.8) is 0 Å². The van der Waals surface area contributed by atoms with E-state index in [1.54, 1.807) is 44.6 Å². The number of halogens is 1. The molecule has 3 aromatic rings. The highest BCUT2D eigenvalue weighted by Gasteiger charge is 2.10. The van der Waals surface area contributed by atoms with Crippen molar-refractivity contribution < 1.29 is 13.9 Å². The Morgan fingerprint density at radius 1 is 1.00 bits per heavy atom. The Hall–Kier alpha value is -3.15. The number of nitrogens with one attached hydrogen (secondary N) is 1. The van der Waals surface area contributed by atoms with Crippen LogP contribution in [0.4, 0.5) is 4.39 Å². The average Bonchev–Trinajstić information content (AvgIpc) is 2.64. The second-order valence-corrected chi connectivity index (χ2v) is 5.48. The Morgan fingerprint density at radius 3 is 2.40 bits per heavy atom. The minimum absolute atomic E-state index is 0.270. The molecule has 3 rings (SSSR count). The van der Waals surface area contributed by atoms with E-state index in [-0.39, 0.29) is 11.4 Å². The van der Waals surface area contributed by atoms with Gasteiger partial charge in [-0.2, -0.15) is 5.10 Å². The predicted molar refractivity (Wildman–Crippen MR) is 92.6 cm³/mol. The summed E-state index contributed by atoms with van der Waals surface area (Å²) in [5.41, 5.74) is 2.52. The van der Waals surface area contributed by atoms with Crippen molar-refractivity contribution in [3.8, 4) is 22.8 Å². The average molecular weight is 340 g/mol. The lowest BCUT2D eigenvalue weighted by atomic mass is 10.0. The zero-order valence-corrected chi connectivity index (χ0v) is 13.9. The fraction of sp³-hybridized carbons (Fsp3) is 0.158. The van der Waals surface area contributed by atoms with Gasteiger partial charge in [0.1, 0.15) is 5.82 Å². The van der Waals surface area contributed by atoms with E-state index in [2.05, 4.69) is 10.2 Å². The number of ether oxygens (including phenoxy) is 2. The molecular weight excluding hydrogens is 323 g/mol. The highest BCUT2D eigenvalue weighted by Crippen LogP contribution is 2.31. The molecule has 0 amide bonds. The maximum Gasteiger partial charge on any atom is 0.267 e. The zero-order valence-electron chi connectivity index (χ0n) is 13.9. The van der Waals surface area contributed by atoms with Gasteiger partial charge in [0, 0.05) is 17.5 Å². The van der Waals surface area contributed by atoms with Gasteiger partial charge in [0.15, 0.2) is 11.5 Å². The first-order chi connectivity index (χ1) is 12.1. The number of nitrogens with zero attached hydrogens (tertiary/aromatic N) is 1. The molecule has 0 atom stereocenters.